The van der Waals surface area contributed by atoms with Gasteiger partial charge in [0, 0.05) is 0 Å². The van der Waals surface area contributed by atoms with Crippen molar-refractivity contribution < 1.29 is 10.2 Å². The van der Waals surface area contributed by atoms with E-state index >= 15 is 0 Å². The number of allylic oxidation sites excluding steroid dienone is 1. The van der Waals surface area contributed by atoms with Crippen molar-refractivity contribution in [3.8, 4) is 0 Å². The maximum Gasteiger partial charge on any atom is 0.132 e. The zero-order valence-corrected chi connectivity index (χ0v) is 11.2. The fourth-order valence-corrected chi connectivity index (χ4v) is 3.24. The molecule has 3 unspecified atom stereocenters. The van der Waals surface area contributed by atoms with Gasteiger partial charge in [-0.2, -0.15) is 0 Å². The van der Waals surface area contributed by atoms with Gasteiger partial charge in [-0.25, -0.2) is 0 Å². The van der Waals surface area contributed by atoms with Crippen LogP contribution in [-0.4, -0.2) is 21.5 Å². The standard InChI is InChI=1S/C14H25NO2/c1-12(2,16)10-4-5-13(3)6-7-14(15,17)9-11(13)8-10/h9-10,16-17H,4-8,15H2,1-3H3. The molecule has 1 fully saturated rings. The lowest BCUT2D eigenvalue weighted by molar-refractivity contribution is -0.0125. The van der Waals surface area contributed by atoms with Crippen molar-refractivity contribution in [1.82, 2.24) is 0 Å². The van der Waals surface area contributed by atoms with Crippen molar-refractivity contribution >= 4 is 0 Å². The molecule has 0 bridgehead atoms. The topological polar surface area (TPSA) is 66.5 Å². The van der Waals surface area contributed by atoms with E-state index in [0.717, 1.165) is 25.7 Å². The lowest BCUT2D eigenvalue weighted by Gasteiger charge is -2.47. The molecule has 0 amide bonds. The second kappa shape index (κ2) is 3.81. The SMILES string of the molecule is CC12CCC(C(C)(C)O)CC1=CC(N)(O)CC2. The summed E-state index contributed by atoms with van der Waals surface area (Å²) >= 11 is 0. The largest absolute Gasteiger partial charge is 0.390 e. The number of fused-ring (bicyclic) bond motifs is 1. The number of hydrogen-bond acceptors (Lipinski definition) is 3. The van der Waals surface area contributed by atoms with Crippen molar-refractivity contribution in [3.05, 3.63) is 11.6 Å². The highest BCUT2D eigenvalue weighted by molar-refractivity contribution is 5.25. The van der Waals surface area contributed by atoms with E-state index in [1.165, 1.54) is 5.57 Å². The van der Waals surface area contributed by atoms with Gasteiger partial charge in [-0.05, 0) is 63.4 Å². The maximum absolute atomic E-state index is 10.1. The highest BCUT2D eigenvalue weighted by Gasteiger charge is 2.44. The molecule has 3 atom stereocenters. The Bertz CT molecular complexity index is 341. The zero-order chi connectivity index (χ0) is 12.9. The van der Waals surface area contributed by atoms with Crippen LogP contribution in [0.5, 0.6) is 0 Å². The van der Waals surface area contributed by atoms with Gasteiger partial charge in [-0.3, -0.25) is 0 Å². The monoisotopic (exact) mass is 239 g/mol. The summed E-state index contributed by atoms with van der Waals surface area (Å²) in [5.74, 6) is 0.274. The summed E-state index contributed by atoms with van der Waals surface area (Å²) in [6.45, 7) is 6.01. The van der Waals surface area contributed by atoms with Crippen LogP contribution in [-0.2, 0) is 0 Å². The van der Waals surface area contributed by atoms with Crippen LogP contribution in [0.2, 0.25) is 0 Å². The Kier molecular flexibility index (Phi) is 2.92. The third-order valence-electron chi connectivity index (χ3n) is 4.79. The van der Waals surface area contributed by atoms with Crippen LogP contribution < -0.4 is 5.73 Å². The first kappa shape index (κ1) is 13.1. The highest BCUT2D eigenvalue weighted by atomic mass is 16.3. The maximum atomic E-state index is 10.1. The Morgan fingerprint density at radius 1 is 1.35 bits per heavy atom. The second-order valence-electron chi connectivity index (χ2n) is 6.81. The Balaban J connectivity index is 2.24. The molecule has 2 aliphatic rings. The van der Waals surface area contributed by atoms with E-state index in [4.69, 9.17) is 5.73 Å². The molecule has 17 heavy (non-hydrogen) atoms. The number of rotatable bonds is 1. The minimum absolute atomic E-state index is 0.188. The number of aliphatic hydroxyl groups is 2. The van der Waals surface area contributed by atoms with Gasteiger partial charge in [0.1, 0.15) is 5.72 Å². The Labute approximate surface area is 104 Å². The highest BCUT2D eigenvalue weighted by Crippen LogP contribution is 2.51. The van der Waals surface area contributed by atoms with Crippen molar-refractivity contribution in [2.24, 2.45) is 17.1 Å². The second-order valence-corrected chi connectivity index (χ2v) is 6.81. The molecule has 0 saturated heterocycles. The molecule has 2 rings (SSSR count). The first-order valence-corrected chi connectivity index (χ1v) is 6.58. The van der Waals surface area contributed by atoms with E-state index in [2.05, 4.69) is 6.92 Å². The summed E-state index contributed by atoms with van der Waals surface area (Å²) in [5.41, 5.74) is 5.46. The molecule has 3 heteroatoms. The molecule has 3 nitrogen and oxygen atoms in total. The van der Waals surface area contributed by atoms with Crippen molar-refractivity contribution in [2.75, 3.05) is 0 Å². The normalized spacial score (nSPS) is 42.9. The van der Waals surface area contributed by atoms with Gasteiger partial charge in [-0.15, -0.1) is 0 Å². The fourth-order valence-electron chi connectivity index (χ4n) is 3.24. The van der Waals surface area contributed by atoms with E-state index < -0.39 is 11.3 Å². The van der Waals surface area contributed by atoms with Gasteiger partial charge in [0.05, 0.1) is 5.60 Å². The summed E-state index contributed by atoms with van der Waals surface area (Å²) in [4.78, 5) is 0. The average Bonchev–Trinajstić information content (AvgIpc) is 2.16. The zero-order valence-electron chi connectivity index (χ0n) is 11.2. The molecule has 0 radical (unpaired) electrons. The molecule has 0 aromatic rings. The first-order valence-electron chi connectivity index (χ1n) is 6.58. The lowest BCUT2D eigenvalue weighted by Crippen LogP contribution is -2.46. The number of nitrogens with two attached hydrogens (primary N) is 1. The quantitative estimate of drug-likeness (QED) is 0.484. The third kappa shape index (κ3) is 2.56. The van der Waals surface area contributed by atoms with Crippen LogP contribution in [0, 0.1) is 11.3 Å². The predicted molar refractivity (Wildman–Crippen MR) is 68.2 cm³/mol. The van der Waals surface area contributed by atoms with Gasteiger partial charge < -0.3 is 15.9 Å². The van der Waals surface area contributed by atoms with Crippen LogP contribution in [0.25, 0.3) is 0 Å². The summed E-state index contributed by atoms with van der Waals surface area (Å²) in [6, 6.07) is 0. The molecule has 98 valence electrons. The fraction of sp³-hybridized carbons (Fsp3) is 0.857. The Morgan fingerprint density at radius 3 is 2.59 bits per heavy atom. The molecule has 1 saturated carbocycles. The summed E-state index contributed by atoms with van der Waals surface area (Å²) in [6.07, 6.45) is 6.43. The number of hydrogen-bond donors (Lipinski definition) is 3. The Hall–Kier alpha value is -0.380. The van der Waals surface area contributed by atoms with Crippen LogP contribution >= 0.6 is 0 Å². The van der Waals surface area contributed by atoms with Gasteiger partial charge >= 0.3 is 0 Å². The van der Waals surface area contributed by atoms with Crippen LogP contribution in [0.4, 0.5) is 0 Å². The molecule has 2 aliphatic carbocycles. The molecule has 0 heterocycles. The van der Waals surface area contributed by atoms with Crippen molar-refractivity contribution in [3.63, 3.8) is 0 Å². The summed E-state index contributed by atoms with van der Waals surface area (Å²) in [5, 5.41) is 20.1. The molecule has 0 spiro atoms. The van der Waals surface area contributed by atoms with Crippen molar-refractivity contribution in [1.29, 1.82) is 0 Å². The molecule has 4 N–H and O–H groups in total. The van der Waals surface area contributed by atoms with Gasteiger partial charge in [0.15, 0.2) is 0 Å². The average molecular weight is 239 g/mol. The van der Waals surface area contributed by atoms with E-state index in [1.54, 1.807) is 0 Å². The van der Waals surface area contributed by atoms with E-state index in [9.17, 15) is 10.2 Å². The minimum atomic E-state index is -1.14. The minimum Gasteiger partial charge on any atom is -0.390 e. The predicted octanol–water partition coefficient (Wildman–Crippen LogP) is 1.93. The summed E-state index contributed by atoms with van der Waals surface area (Å²) in [7, 11) is 0. The molecule has 0 aromatic carbocycles. The van der Waals surface area contributed by atoms with Crippen LogP contribution in [0.1, 0.15) is 52.9 Å². The summed E-state index contributed by atoms with van der Waals surface area (Å²) < 4.78 is 0. The van der Waals surface area contributed by atoms with Crippen LogP contribution in [0.15, 0.2) is 11.6 Å². The van der Waals surface area contributed by atoms with Gasteiger partial charge in [-0.1, -0.05) is 12.5 Å². The molecular weight excluding hydrogens is 214 g/mol. The lowest BCUT2D eigenvalue weighted by atomic mass is 9.60. The van der Waals surface area contributed by atoms with E-state index in [1.807, 2.05) is 19.9 Å². The smallest absolute Gasteiger partial charge is 0.132 e. The van der Waals surface area contributed by atoms with E-state index in [0.29, 0.717) is 6.42 Å². The first-order chi connectivity index (χ1) is 7.62. The molecule has 0 aliphatic heterocycles. The molecule has 0 aromatic heterocycles. The van der Waals surface area contributed by atoms with Crippen molar-refractivity contribution in [2.45, 2.75) is 64.2 Å². The van der Waals surface area contributed by atoms with Crippen LogP contribution in [0.3, 0.4) is 0 Å². The third-order valence-corrected chi connectivity index (χ3v) is 4.79. The Morgan fingerprint density at radius 2 is 2.00 bits per heavy atom. The molecular formula is C14H25NO2. The van der Waals surface area contributed by atoms with E-state index in [-0.39, 0.29) is 11.3 Å². The van der Waals surface area contributed by atoms with Gasteiger partial charge in [0.2, 0.25) is 0 Å². The van der Waals surface area contributed by atoms with Gasteiger partial charge in [0.25, 0.3) is 0 Å².